The molecule has 27 heavy (non-hydrogen) atoms. The zero-order valence-electron chi connectivity index (χ0n) is 15.0. The van der Waals surface area contributed by atoms with Gasteiger partial charge in [0.1, 0.15) is 12.2 Å². The van der Waals surface area contributed by atoms with Crippen LogP contribution in [0.1, 0.15) is 36.8 Å². The summed E-state index contributed by atoms with van der Waals surface area (Å²) in [7, 11) is 0. The number of anilines is 1. The van der Waals surface area contributed by atoms with Crippen LogP contribution in [0.15, 0.2) is 52.9 Å². The third kappa shape index (κ3) is 3.29. The van der Waals surface area contributed by atoms with Crippen molar-refractivity contribution in [1.29, 1.82) is 0 Å². The topological polar surface area (TPSA) is 97.5 Å². The molecule has 0 saturated carbocycles. The van der Waals surface area contributed by atoms with E-state index in [1.54, 1.807) is 0 Å². The molecule has 0 aliphatic heterocycles. The molecule has 1 heterocycles. The number of aromatic nitrogens is 2. The fourth-order valence-corrected chi connectivity index (χ4v) is 3.24. The van der Waals surface area contributed by atoms with E-state index in [-0.39, 0.29) is 24.4 Å². The van der Waals surface area contributed by atoms with Gasteiger partial charge in [-0.2, -0.15) is 0 Å². The maximum absolute atomic E-state index is 12.1. The number of rotatable bonds is 4. The Balaban J connectivity index is 1.46. The van der Waals surface area contributed by atoms with Crippen LogP contribution in [0.25, 0.3) is 11.1 Å². The van der Waals surface area contributed by atoms with Gasteiger partial charge in [0.2, 0.25) is 5.89 Å². The Morgan fingerprint density at radius 3 is 2.26 bits per heavy atom. The summed E-state index contributed by atoms with van der Waals surface area (Å²) in [6.07, 6.45) is -0.692. The summed E-state index contributed by atoms with van der Waals surface area (Å²) in [6, 6.07) is 16.1. The van der Waals surface area contributed by atoms with Gasteiger partial charge in [-0.15, -0.1) is 5.10 Å². The number of amides is 1. The largest absolute Gasteiger partial charge is 0.448 e. The maximum Gasteiger partial charge on any atom is 0.415 e. The van der Waals surface area contributed by atoms with Crippen molar-refractivity contribution in [2.75, 3.05) is 11.9 Å². The summed E-state index contributed by atoms with van der Waals surface area (Å²) in [5, 5.41) is 19.6. The lowest BCUT2D eigenvalue weighted by Crippen LogP contribution is -2.18. The van der Waals surface area contributed by atoms with E-state index in [0.29, 0.717) is 0 Å². The second kappa shape index (κ2) is 6.51. The van der Waals surface area contributed by atoms with Crippen molar-refractivity contribution in [3.63, 3.8) is 0 Å². The molecule has 3 aromatic rings. The minimum absolute atomic E-state index is 0.0106. The monoisotopic (exact) mass is 365 g/mol. The number of hydrogen-bond donors (Lipinski definition) is 2. The predicted octanol–water partition coefficient (Wildman–Crippen LogP) is 3.66. The van der Waals surface area contributed by atoms with E-state index in [9.17, 15) is 9.90 Å². The number of nitrogens with zero attached hydrogens (tertiary/aromatic N) is 2. The molecule has 1 aliphatic carbocycles. The molecule has 4 rings (SSSR count). The highest BCUT2D eigenvalue weighted by atomic mass is 16.6. The molecule has 0 atom stereocenters. The standard InChI is InChI=1S/C20H19N3O4/c1-20(2,25)17-22-23-18(27-17)21-19(24)26-11-16-14-9-5-3-7-12(14)13-8-4-6-10-15(13)16/h3-10,16,25H,11H2,1-2H3,(H,21,23,24). The van der Waals surface area contributed by atoms with Crippen molar-refractivity contribution in [1.82, 2.24) is 10.2 Å². The van der Waals surface area contributed by atoms with Crippen molar-refractivity contribution in [2.24, 2.45) is 0 Å². The minimum atomic E-state index is -1.28. The van der Waals surface area contributed by atoms with E-state index < -0.39 is 11.7 Å². The van der Waals surface area contributed by atoms with Crippen LogP contribution >= 0.6 is 0 Å². The minimum Gasteiger partial charge on any atom is -0.448 e. The number of hydrogen-bond acceptors (Lipinski definition) is 6. The molecule has 1 aromatic heterocycles. The van der Waals surface area contributed by atoms with E-state index in [4.69, 9.17) is 9.15 Å². The van der Waals surface area contributed by atoms with Crippen LogP contribution in [-0.2, 0) is 10.3 Å². The average Bonchev–Trinajstić information content (AvgIpc) is 3.23. The van der Waals surface area contributed by atoms with Crippen molar-refractivity contribution in [2.45, 2.75) is 25.4 Å². The van der Waals surface area contributed by atoms with Gasteiger partial charge in [-0.25, -0.2) is 10.1 Å². The lowest BCUT2D eigenvalue weighted by Gasteiger charge is -2.14. The Hall–Kier alpha value is -3.19. The molecule has 0 bridgehead atoms. The summed E-state index contributed by atoms with van der Waals surface area (Å²) in [5.74, 6) is -0.0192. The predicted molar refractivity (Wildman–Crippen MR) is 98.2 cm³/mol. The third-order valence-corrected chi connectivity index (χ3v) is 4.50. The molecule has 0 unspecified atom stereocenters. The van der Waals surface area contributed by atoms with Crippen LogP contribution < -0.4 is 5.32 Å². The van der Waals surface area contributed by atoms with Crippen LogP contribution in [0.4, 0.5) is 10.8 Å². The second-order valence-corrected chi connectivity index (χ2v) is 6.92. The average molecular weight is 365 g/mol. The number of nitrogens with one attached hydrogen (secondary N) is 1. The first-order valence-electron chi connectivity index (χ1n) is 8.62. The Morgan fingerprint density at radius 2 is 1.70 bits per heavy atom. The number of carbonyl (C=O) groups is 1. The van der Waals surface area contributed by atoms with Gasteiger partial charge in [0, 0.05) is 5.92 Å². The normalized spacial score (nSPS) is 13.1. The highest BCUT2D eigenvalue weighted by Gasteiger charge is 2.29. The van der Waals surface area contributed by atoms with Crippen LogP contribution in [0.3, 0.4) is 0 Å². The zero-order valence-corrected chi connectivity index (χ0v) is 15.0. The van der Waals surface area contributed by atoms with Gasteiger partial charge in [0.15, 0.2) is 0 Å². The van der Waals surface area contributed by atoms with Crippen molar-refractivity contribution in [3.05, 3.63) is 65.5 Å². The zero-order chi connectivity index (χ0) is 19.0. The number of ether oxygens (including phenoxy) is 1. The fraction of sp³-hybridized carbons (Fsp3) is 0.250. The van der Waals surface area contributed by atoms with Gasteiger partial charge in [0.05, 0.1) is 0 Å². The Bertz CT molecular complexity index is 945. The quantitative estimate of drug-likeness (QED) is 0.732. The van der Waals surface area contributed by atoms with E-state index in [2.05, 4.69) is 39.8 Å². The summed E-state index contributed by atoms with van der Waals surface area (Å²) in [6.45, 7) is 3.21. The van der Waals surface area contributed by atoms with E-state index >= 15 is 0 Å². The first-order valence-corrected chi connectivity index (χ1v) is 8.62. The Labute approximate surface area is 156 Å². The highest BCUT2D eigenvalue weighted by Crippen LogP contribution is 2.44. The molecular weight excluding hydrogens is 346 g/mol. The summed E-state index contributed by atoms with van der Waals surface area (Å²) >= 11 is 0. The van der Waals surface area contributed by atoms with Gasteiger partial charge in [-0.1, -0.05) is 53.6 Å². The maximum atomic E-state index is 12.1. The first kappa shape index (κ1) is 17.2. The second-order valence-electron chi connectivity index (χ2n) is 6.92. The van der Waals surface area contributed by atoms with Gasteiger partial charge < -0.3 is 14.3 Å². The lowest BCUT2D eigenvalue weighted by atomic mass is 9.98. The number of fused-ring (bicyclic) bond motifs is 3. The van der Waals surface area contributed by atoms with E-state index in [0.717, 1.165) is 22.3 Å². The third-order valence-electron chi connectivity index (χ3n) is 4.50. The van der Waals surface area contributed by atoms with Crippen LogP contribution in [-0.4, -0.2) is 28.0 Å². The molecule has 0 spiro atoms. The molecule has 138 valence electrons. The molecule has 1 amide bonds. The van der Waals surface area contributed by atoms with E-state index in [1.165, 1.54) is 13.8 Å². The van der Waals surface area contributed by atoms with Crippen molar-refractivity contribution >= 4 is 12.1 Å². The van der Waals surface area contributed by atoms with Crippen LogP contribution in [0, 0.1) is 0 Å². The smallest absolute Gasteiger partial charge is 0.415 e. The van der Waals surface area contributed by atoms with Crippen LogP contribution in [0.2, 0.25) is 0 Å². The molecule has 0 fully saturated rings. The summed E-state index contributed by atoms with van der Waals surface area (Å²) < 4.78 is 10.6. The molecule has 7 heteroatoms. The Kier molecular flexibility index (Phi) is 4.16. The molecular formula is C20H19N3O4. The van der Waals surface area contributed by atoms with Crippen molar-refractivity contribution in [3.8, 4) is 11.1 Å². The molecule has 2 aromatic carbocycles. The van der Waals surface area contributed by atoms with Gasteiger partial charge in [0.25, 0.3) is 0 Å². The van der Waals surface area contributed by atoms with Gasteiger partial charge >= 0.3 is 12.1 Å². The lowest BCUT2D eigenvalue weighted by molar-refractivity contribution is 0.0488. The van der Waals surface area contributed by atoms with Gasteiger partial charge in [-0.05, 0) is 36.1 Å². The summed E-state index contributed by atoms with van der Waals surface area (Å²) in [4.78, 5) is 12.1. The number of aliphatic hydroxyl groups is 1. The molecule has 1 aliphatic rings. The fourth-order valence-electron chi connectivity index (χ4n) is 3.24. The molecule has 7 nitrogen and oxygen atoms in total. The van der Waals surface area contributed by atoms with Crippen molar-refractivity contribution < 1.29 is 19.1 Å². The molecule has 0 saturated heterocycles. The van der Waals surface area contributed by atoms with E-state index in [1.807, 2.05) is 24.3 Å². The molecule has 0 radical (unpaired) electrons. The highest BCUT2D eigenvalue weighted by molar-refractivity contribution is 5.82. The summed E-state index contributed by atoms with van der Waals surface area (Å²) in [5.41, 5.74) is 3.30. The van der Waals surface area contributed by atoms with Gasteiger partial charge in [-0.3, -0.25) is 0 Å². The Morgan fingerprint density at radius 1 is 1.11 bits per heavy atom. The number of carbonyl (C=O) groups excluding carboxylic acids is 1. The first-order chi connectivity index (χ1) is 12.9. The SMILES string of the molecule is CC(C)(O)c1nnc(NC(=O)OCC2c3ccccc3-c3ccccc32)o1. The van der Waals surface area contributed by atoms with Crippen LogP contribution in [0.5, 0.6) is 0 Å². The molecule has 2 N–H and O–H groups in total. The number of benzene rings is 2.